The van der Waals surface area contributed by atoms with Crippen molar-refractivity contribution >= 4 is 38.6 Å². The molecule has 2 atom stereocenters. The third-order valence-corrected chi connectivity index (χ3v) is 6.72. The molecule has 2 aromatic rings. The summed E-state index contributed by atoms with van der Waals surface area (Å²) in [5.74, 6) is 0.253. The van der Waals surface area contributed by atoms with E-state index >= 15 is 0 Å². The summed E-state index contributed by atoms with van der Waals surface area (Å²) in [6.45, 7) is 6.66. The summed E-state index contributed by atoms with van der Waals surface area (Å²) in [6.07, 6.45) is 0.0481. The van der Waals surface area contributed by atoms with Gasteiger partial charge in [-0.1, -0.05) is 18.7 Å². The van der Waals surface area contributed by atoms with Crippen LogP contribution in [0.15, 0.2) is 32.7 Å². The largest absolute Gasteiger partial charge is 0.431 e. The molecule has 3 rings (SSSR count). The van der Waals surface area contributed by atoms with E-state index in [1.807, 2.05) is 13.8 Å². The molecule has 1 fully saturated rings. The predicted octanol–water partition coefficient (Wildman–Crippen LogP) is 2.35. The van der Waals surface area contributed by atoms with E-state index in [2.05, 4.69) is 4.98 Å². The van der Waals surface area contributed by atoms with Crippen LogP contribution in [0.25, 0.3) is 11.1 Å². The van der Waals surface area contributed by atoms with Crippen molar-refractivity contribution in [1.82, 2.24) is 9.88 Å². The number of fused-ring (bicyclic) bond motifs is 1. The average Bonchev–Trinajstić information content (AvgIpc) is 3.00. The summed E-state index contributed by atoms with van der Waals surface area (Å²) in [5.41, 5.74) is 0.978. The number of thioether (sulfide) groups is 1. The predicted molar refractivity (Wildman–Crippen MR) is 99.0 cm³/mol. The maximum absolute atomic E-state index is 12.4. The molecule has 0 bridgehead atoms. The van der Waals surface area contributed by atoms with Gasteiger partial charge >= 0.3 is 0 Å². The first-order valence-corrected chi connectivity index (χ1v) is 11.1. The Morgan fingerprint density at radius 1 is 1.31 bits per heavy atom. The summed E-state index contributed by atoms with van der Waals surface area (Å²) in [5, 5.41) is 0.355. The molecule has 1 aromatic heterocycles. The Labute approximate surface area is 157 Å². The first kappa shape index (κ1) is 19.2. The fourth-order valence-electron chi connectivity index (χ4n) is 2.90. The summed E-state index contributed by atoms with van der Waals surface area (Å²) >= 11 is 1.21. The Kier molecular flexibility index (Phi) is 5.59. The van der Waals surface area contributed by atoms with E-state index in [1.165, 1.54) is 23.9 Å². The molecule has 9 heteroatoms. The number of carbonyl (C=O) groups excluding carboxylic acids is 1. The number of sulfone groups is 1. The van der Waals surface area contributed by atoms with Crippen molar-refractivity contribution in [2.24, 2.45) is 0 Å². The number of hydrogen-bond acceptors (Lipinski definition) is 7. The van der Waals surface area contributed by atoms with Crippen LogP contribution in [0.3, 0.4) is 0 Å². The second kappa shape index (κ2) is 7.58. The fraction of sp³-hybridized carbons (Fsp3) is 0.529. The van der Waals surface area contributed by atoms with E-state index in [-0.39, 0.29) is 34.5 Å². The van der Waals surface area contributed by atoms with Gasteiger partial charge in [-0.3, -0.25) is 4.79 Å². The zero-order chi connectivity index (χ0) is 18.9. The summed E-state index contributed by atoms with van der Waals surface area (Å²) in [7, 11) is -3.29. The van der Waals surface area contributed by atoms with Crippen molar-refractivity contribution in [3.05, 3.63) is 18.2 Å². The first-order valence-electron chi connectivity index (χ1n) is 8.48. The number of rotatable bonds is 5. The number of ether oxygens (including phenoxy) is 1. The fourth-order valence-corrected chi connectivity index (χ4v) is 4.55. The maximum Gasteiger partial charge on any atom is 0.257 e. The topological polar surface area (TPSA) is 89.7 Å². The van der Waals surface area contributed by atoms with Crippen molar-refractivity contribution in [3.63, 3.8) is 0 Å². The van der Waals surface area contributed by atoms with Gasteiger partial charge in [-0.2, -0.15) is 0 Å². The smallest absolute Gasteiger partial charge is 0.257 e. The molecular weight excluding hydrogens is 376 g/mol. The Morgan fingerprint density at radius 2 is 2.00 bits per heavy atom. The Bertz CT molecular complexity index is 899. The lowest BCUT2D eigenvalue weighted by Gasteiger charge is -2.35. The van der Waals surface area contributed by atoms with Crippen molar-refractivity contribution in [2.45, 2.75) is 43.1 Å². The molecule has 2 heterocycles. The second-order valence-electron chi connectivity index (χ2n) is 6.36. The molecule has 26 heavy (non-hydrogen) atoms. The van der Waals surface area contributed by atoms with Crippen molar-refractivity contribution in [3.8, 4) is 0 Å². The number of nitrogens with zero attached hydrogens (tertiary/aromatic N) is 2. The number of aromatic nitrogens is 1. The van der Waals surface area contributed by atoms with Crippen LogP contribution in [-0.4, -0.2) is 61.0 Å². The van der Waals surface area contributed by atoms with Gasteiger partial charge in [-0.25, -0.2) is 13.4 Å². The summed E-state index contributed by atoms with van der Waals surface area (Å²) in [4.78, 5) is 18.7. The van der Waals surface area contributed by atoms with Gasteiger partial charge in [-0.05, 0) is 32.0 Å². The third-order valence-electron chi connectivity index (χ3n) is 4.17. The molecule has 0 radical (unpaired) electrons. The van der Waals surface area contributed by atoms with Gasteiger partial charge in [0.15, 0.2) is 15.4 Å². The molecular formula is C17H22N2O5S2. The standard InChI is InChI=1S/C17H22N2O5S2/c1-4-26(21,22)13-5-6-15-14(7-13)18-17(24-15)25-10-16(20)19-8-11(2)23-12(3)9-19/h5-7,11-12H,4,8-10H2,1-3H3. The number of hydrogen-bond donors (Lipinski definition) is 0. The lowest BCUT2D eigenvalue weighted by molar-refractivity contribution is -0.140. The van der Waals surface area contributed by atoms with Crippen LogP contribution >= 0.6 is 11.8 Å². The van der Waals surface area contributed by atoms with Crippen LogP contribution < -0.4 is 0 Å². The molecule has 1 aromatic carbocycles. The van der Waals surface area contributed by atoms with Crippen LogP contribution in [0, 0.1) is 0 Å². The molecule has 7 nitrogen and oxygen atoms in total. The maximum atomic E-state index is 12.4. The van der Waals surface area contributed by atoms with Gasteiger partial charge in [0.05, 0.1) is 28.6 Å². The van der Waals surface area contributed by atoms with Crippen LogP contribution in [-0.2, 0) is 19.4 Å². The summed E-state index contributed by atoms with van der Waals surface area (Å²) < 4.78 is 35.2. The SMILES string of the molecule is CCS(=O)(=O)c1ccc2oc(SCC(=O)N3CC(C)OC(C)C3)nc2c1. The molecule has 1 amide bonds. The van der Waals surface area contributed by atoms with E-state index < -0.39 is 9.84 Å². The number of morpholine rings is 1. The highest BCUT2D eigenvalue weighted by molar-refractivity contribution is 7.99. The molecule has 1 aliphatic heterocycles. The summed E-state index contributed by atoms with van der Waals surface area (Å²) in [6, 6.07) is 4.62. The highest BCUT2D eigenvalue weighted by Crippen LogP contribution is 2.26. The van der Waals surface area contributed by atoms with Gasteiger partial charge in [0, 0.05) is 13.1 Å². The number of benzene rings is 1. The highest BCUT2D eigenvalue weighted by atomic mass is 32.2. The molecule has 0 N–H and O–H groups in total. The lowest BCUT2D eigenvalue weighted by Crippen LogP contribution is -2.48. The van der Waals surface area contributed by atoms with E-state index in [0.717, 1.165) is 0 Å². The Morgan fingerprint density at radius 3 is 2.65 bits per heavy atom. The van der Waals surface area contributed by atoms with Gasteiger partial charge in [0.25, 0.3) is 5.22 Å². The van der Waals surface area contributed by atoms with E-state index in [4.69, 9.17) is 9.15 Å². The molecule has 0 spiro atoms. The van der Waals surface area contributed by atoms with Crippen LogP contribution in [0.1, 0.15) is 20.8 Å². The molecule has 0 saturated carbocycles. The first-order chi connectivity index (χ1) is 12.3. The van der Waals surface area contributed by atoms with Crippen molar-refractivity contribution in [1.29, 1.82) is 0 Å². The monoisotopic (exact) mass is 398 g/mol. The lowest BCUT2D eigenvalue weighted by atomic mass is 10.2. The minimum atomic E-state index is -3.29. The quantitative estimate of drug-likeness (QED) is 0.714. The van der Waals surface area contributed by atoms with Crippen molar-refractivity contribution in [2.75, 3.05) is 24.6 Å². The minimum Gasteiger partial charge on any atom is -0.431 e. The normalized spacial score (nSPS) is 21.3. The van der Waals surface area contributed by atoms with Gasteiger partial charge in [-0.15, -0.1) is 0 Å². The van der Waals surface area contributed by atoms with E-state index in [0.29, 0.717) is 29.4 Å². The van der Waals surface area contributed by atoms with E-state index in [1.54, 1.807) is 17.9 Å². The third kappa shape index (κ3) is 4.21. The molecule has 2 unspecified atom stereocenters. The molecule has 0 aliphatic carbocycles. The van der Waals surface area contributed by atoms with Gasteiger partial charge in [0.1, 0.15) is 5.52 Å². The van der Waals surface area contributed by atoms with Crippen LogP contribution in [0.4, 0.5) is 0 Å². The molecule has 1 aliphatic rings. The zero-order valence-corrected chi connectivity index (χ0v) is 16.6. The number of amides is 1. The van der Waals surface area contributed by atoms with E-state index in [9.17, 15) is 13.2 Å². The second-order valence-corrected chi connectivity index (χ2v) is 9.56. The Hall–Kier alpha value is -1.58. The highest BCUT2D eigenvalue weighted by Gasteiger charge is 2.26. The Balaban J connectivity index is 1.68. The van der Waals surface area contributed by atoms with Gasteiger partial charge < -0.3 is 14.1 Å². The molecule has 1 saturated heterocycles. The van der Waals surface area contributed by atoms with Gasteiger partial charge in [0.2, 0.25) is 5.91 Å². The minimum absolute atomic E-state index is 0.00788. The molecule has 142 valence electrons. The number of carbonyl (C=O) groups is 1. The number of oxazole rings is 1. The van der Waals surface area contributed by atoms with Crippen LogP contribution in [0.2, 0.25) is 0 Å². The van der Waals surface area contributed by atoms with Crippen molar-refractivity contribution < 1.29 is 22.4 Å². The average molecular weight is 399 g/mol. The van der Waals surface area contributed by atoms with Crippen LogP contribution in [0.5, 0.6) is 0 Å². The zero-order valence-electron chi connectivity index (χ0n) is 15.0.